The minimum atomic E-state index is -0.108. The summed E-state index contributed by atoms with van der Waals surface area (Å²) in [6, 6.07) is 10.1. The molecule has 0 aliphatic heterocycles. The second-order valence-corrected chi connectivity index (χ2v) is 5.15. The van der Waals surface area contributed by atoms with Gasteiger partial charge in [0.2, 0.25) is 0 Å². The summed E-state index contributed by atoms with van der Waals surface area (Å²) in [5.41, 5.74) is 2.43. The molecule has 0 fully saturated rings. The Bertz CT molecular complexity index is 573. The van der Waals surface area contributed by atoms with E-state index in [4.69, 9.17) is 4.52 Å². The van der Waals surface area contributed by atoms with Gasteiger partial charge in [-0.25, -0.2) is 0 Å². The summed E-state index contributed by atoms with van der Waals surface area (Å²) in [6.07, 6.45) is 0.813. The van der Waals surface area contributed by atoms with Gasteiger partial charge >= 0.3 is 0 Å². The average Bonchev–Trinajstić information content (AvgIpc) is 2.82. The first-order chi connectivity index (χ1) is 9.59. The van der Waals surface area contributed by atoms with Gasteiger partial charge in [0, 0.05) is 12.5 Å². The fourth-order valence-corrected chi connectivity index (χ4v) is 2.11. The lowest BCUT2D eigenvalue weighted by molar-refractivity contribution is 0.0951. The highest BCUT2D eigenvalue weighted by Crippen LogP contribution is 2.21. The molecule has 1 aromatic carbocycles. The number of nitrogens with one attached hydrogen (secondary N) is 1. The molecule has 0 bridgehead atoms. The number of carbonyl (C=O) groups excluding carboxylic acids is 1. The molecule has 1 aromatic heterocycles. The first kappa shape index (κ1) is 14.3. The standard InChI is InChI=1S/C16H20N2O2/c1-11(2)15-14(12(3)18-20-15)16(19)17-10-9-13-7-5-4-6-8-13/h4-8,11H,9-10H2,1-3H3,(H,17,19). The van der Waals surface area contributed by atoms with E-state index in [-0.39, 0.29) is 11.8 Å². The smallest absolute Gasteiger partial charge is 0.256 e. The lowest BCUT2D eigenvalue weighted by Crippen LogP contribution is -2.27. The third-order valence-corrected chi connectivity index (χ3v) is 3.18. The van der Waals surface area contributed by atoms with Crippen molar-refractivity contribution in [2.24, 2.45) is 0 Å². The van der Waals surface area contributed by atoms with Crippen LogP contribution < -0.4 is 5.32 Å². The van der Waals surface area contributed by atoms with E-state index in [2.05, 4.69) is 22.6 Å². The Morgan fingerprint density at radius 3 is 2.65 bits per heavy atom. The Morgan fingerprint density at radius 2 is 2.00 bits per heavy atom. The third kappa shape index (κ3) is 3.26. The predicted octanol–water partition coefficient (Wildman–Crippen LogP) is 3.08. The van der Waals surface area contributed by atoms with Crippen LogP contribution >= 0.6 is 0 Å². The number of benzene rings is 1. The van der Waals surface area contributed by atoms with Crippen molar-refractivity contribution >= 4 is 5.91 Å². The van der Waals surface area contributed by atoms with Crippen LogP contribution in [0.5, 0.6) is 0 Å². The molecular weight excluding hydrogens is 252 g/mol. The van der Waals surface area contributed by atoms with Crippen LogP contribution in [0.4, 0.5) is 0 Å². The molecule has 2 rings (SSSR count). The molecule has 1 amide bonds. The maximum atomic E-state index is 12.2. The van der Waals surface area contributed by atoms with Gasteiger partial charge in [0.15, 0.2) is 5.76 Å². The fourth-order valence-electron chi connectivity index (χ4n) is 2.11. The van der Waals surface area contributed by atoms with Crippen LogP contribution in [0.1, 0.15) is 47.1 Å². The Kier molecular flexibility index (Phi) is 4.56. The Morgan fingerprint density at radius 1 is 1.30 bits per heavy atom. The highest BCUT2D eigenvalue weighted by molar-refractivity contribution is 5.96. The van der Waals surface area contributed by atoms with E-state index in [1.807, 2.05) is 32.0 Å². The second kappa shape index (κ2) is 6.37. The topological polar surface area (TPSA) is 55.1 Å². The first-order valence-electron chi connectivity index (χ1n) is 6.88. The predicted molar refractivity (Wildman–Crippen MR) is 77.8 cm³/mol. The Labute approximate surface area is 119 Å². The maximum absolute atomic E-state index is 12.2. The fraction of sp³-hybridized carbons (Fsp3) is 0.375. The van der Waals surface area contributed by atoms with Crippen molar-refractivity contribution in [2.75, 3.05) is 6.54 Å². The summed E-state index contributed by atoms with van der Waals surface area (Å²) in [4.78, 5) is 12.2. The van der Waals surface area contributed by atoms with Crippen LogP contribution in [-0.2, 0) is 6.42 Å². The van der Waals surface area contributed by atoms with E-state index in [9.17, 15) is 4.79 Å². The molecule has 0 aliphatic carbocycles. The van der Waals surface area contributed by atoms with Crippen molar-refractivity contribution in [1.82, 2.24) is 10.5 Å². The van der Waals surface area contributed by atoms with Gasteiger partial charge in [-0.05, 0) is 18.9 Å². The van der Waals surface area contributed by atoms with Crippen LogP contribution in [0, 0.1) is 6.92 Å². The molecule has 1 N–H and O–H groups in total. The van der Waals surface area contributed by atoms with E-state index >= 15 is 0 Å². The van der Waals surface area contributed by atoms with E-state index in [1.54, 1.807) is 6.92 Å². The number of rotatable bonds is 5. The number of carbonyl (C=O) groups is 1. The highest BCUT2D eigenvalue weighted by atomic mass is 16.5. The normalized spacial score (nSPS) is 10.8. The van der Waals surface area contributed by atoms with Crippen molar-refractivity contribution < 1.29 is 9.32 Å². The molecule has 0 saturated heterocycles. The van der Waals surface area contributed by atoms with Gasteiger partial charge in [0.1, 0.15) is 5.56 Å². The average molecular weight is 272 g/mol. The highest BCUT2D eigenvalue weighted by Gasteiger charge is 2.21. The maximum Gasteiger partial charge on any atom is 0.256 e. The number of hydrogen-bond donors (Lipinski definition) is 1. The largest absolute Gasteiger partial charge is 0.360 e. The molecular formula is C16H20N2O2. The summed E-state index contributed by atoms with van der Waals surface area (Å²) in [6.45, 7) is 6.37. The van der Waals surface area contributed by atoms with Crippen molar-refractivity contribution in [3.63, 3.8) is 0 Å². The van der Waals surface area contributed by atoms with Crippen molar-refractivity contribution in [3.05, 3.63) is 52.9 Å². The monoisotopic (exact) mass is 272 g/mol. The lowest BCUT2D eigenvalue weighted by atomic mass is 10.0. The summed E-state index contributed by atoms with van der Waals surface area (Å²) in [7, 11) is 0. The molecule has 0 atom stereocenters. The molecule has 2 aromatic rings. The van der Waals surface area contributed by atoms with Gasteiger partial charge in [0.25, 0.3) is 5.91 Å². The molecule has 20 heavy (non-hydrogen) atoms. The van der Waals surface area contributed by atoms with Gasteiger partial charge in [0.05, 0.1) is 5.69 Å². The van der Waals surface area contributed by atoms with Gasteiger partial charge in [-0.15, -0.1) is 0 Å². The minimum absolute atomic E-state index is 0.108. The SMILES string of the molecule is Cc1noc(C(C)C)c1C(=O)NCCc1ccccc1. The zero-order valence-corrected chi connectivity index (χ0v) is 12.1. The van der Waals surface area contributed by atoms with Crippen LogP contribution in [0.25, 0.3) is 0 Å². The molecule has 0 saturated carbocycles. The summed E-state index contributed by atoms with van der Waals surface area (Å²) in [5, 5.41) is 6.82. The van der Waals surface area contributed by atoms with Crippen LogP contribution in [0.15, 0.2) is 34.9 Å². The van der Waals surface area contributed by atoms with Crippen molar-refractivity contribution in [2.45, 2.75) is 33.1 Å². The van der Waals surface area contributed by atoms with E-state index < -0.39 is 0 Å². The number of aromatic nitrogens is 1. The molecule has 0 radical (unpaired) electrons. The number of nitrogens with zero attached hydrogens (tertiary/aromatic N) is 1. The molecule has 4 heteroatoms. The Balaban J connectivity index is 1.97. The molecule has 0 unspecified atom stereocenters. The third-order valence-electron chi connectivity index (χ3n) is 3.18. The first-order valence-corrected chi connectivity index (χ1v) is 6.88. The summed E-state index contributed by atoms with van der Waals surface area (Å²) in [5.74, 6) is 0.689. The molecule has 106 valence electrons. The number of hydrogen-bond acceptors (Lipinski definition) is 3. The van der Waals surface area contributed by atoms with E-state index in [0.29, 0.717) is 23.6 Å². The van der Waals surface area contributed by atoms with E-state index in [0.717, 1.165) is 6.42 Å². The van der Waals surface area contributed by atoms with Gasteiger partial charge in [-0.1, -0.05) is 49.3 Å². The second-order valence-electron chi connectivity index (χ2n) is 5.15. The summed E-state index contributed by atoms with van der Waals surface area (Å²) < 4.78 is 5.23. The van der Waals surface area contributed by atoms with Gasteiger partial charge in [-0.3, -0.25) is 4.79 Å². The zero-order chi connectivity index (χ0) is 14.5. The lowest BCUT2D eigenvalue weighted by Gasteiger charge is -2.07. The molecule has 1 heterocycles. The van der Waals surface area contributed by atoms with Crippen LogP contribution in [0.2, 0.25) is 0 Å². The minimum Gasteiger partial charge on any atom is -0.360 e. The van der Waals surface area contributed by atoms with Gasteiger partial charge < -0.3 is 9.84 Å². The quantitative estimate of drug-likeness (QED) is 0.910. The molecule has 0 spiro atoms. The Hall–Kier alpha value is -2.10. The number of aryl methyl sites for hydroxylation is 1. The zero-order valence-electron chi connectivity index (χ0n) is 12.1. The van der Waals surface area contributed by atoms with E-state index in [1.165, 1.54) is 5.56 Å². The van der Waals surface area contributed by atoms with Crippen LogP contribution in [0.3, 0.4) is 0 Å². The summed E-state index contributed by atoms with van der Waals surface area (Å²) >= 11 is 0. The van der Waals surface area contributed by atoms with Gasteiger partial charge in [-0.2, -0.15) is 0 Å². The van der Waals surface area contributed by atoms with Crippen molar-refractivity contribution in [3.8, 4) is 0 Å². The molecule has 4 nitrogen and oxygen atoms in total. The number of amides is 1. The molecule has 0 aliphatic rings. The van der Waals surface area contributed by atoms with Crippen molar-refractivity contribution in [1.29, 1.82) is 0 Å². The van der Waals surface area contributed by atoms with Crippen LogP contribution in [-0.4, -0.2) is 17.6 Å².